The molecule has 119 valence electrons. The van der Waals surface area contributed by atoms with Crippen LogP contribution in [0.4, 0.5) is 0 Å². The molecule has 0 amide bonds. The third kappa shape index (κ3) is 5.81. The molecule has 0 aromatic heterocycles. The normalized spacial score (nSPS) is 9.43. The molecular formula is C14H18CoO4S2. The summed E-state index contributed by atoms with van der Waals surface area (Å²) in [7, 11) is 0. The molecular weight excluding hydrogens is 355 g/mol. The molecule has 7 heteroatoms. The Balaban J connectivity index is 0.00000200. The Morgan fingerprint density at radius 1 is 0.714 bits per heavy atom. The maximum absolute atomic E-state index is 5.65. The molecule has 2 rings (SSSR count). The Morgan fingerprint density at radius 3 is 1.48 bits per heavy atom. The number of benzene rings is 2. The van der Waals surface area contributed by atoms with Crippen LogP contribution in [0.25, 0.3) is 0 Å². The topological polar surface area (TPSA) is 81.5 Å². The molecule has 4 nitrogen and oxygen atoms in total. The summed E-state index contributed by atoms with van der Waals surface area (Å²) in [6.07, 6.45) is 4.06. The second-order valence-corrected chi connectivity index (χ2v) is 5.79. The first-order valence-corrected chi connectivity index (χ1v) is 8.86. The van der Waals surface area contributed by atoms with Crippen molar-refractivity contribution in [1.29, 1.82) is 0 Å². The van der Waals surface area contributed by atoms with Gasteiger partial charge in [0, 0.05) is 0 Å². The third-order valence-electron chi connectivity index (χ3n) is 2.34. The van der Waals surface area contributed by atoms with E-state index in [1.54, 1.807) is 23.5 Å². The quantitative estimate of drug-likeness (QED) is 0.729. The number of hydrogen-bond donors (Lipinski definition) is 0. The molecule has 4 N–H and O–H groups in total. The zero-order valence-corrected chi connectivity index (χ0v) is 14.3. The van der Waals surface area contributed by atoms with Crippen molar-refractivity contribution in [2.75, 3.05) is 12.5 Å². The van der Waals surface area contributed by atoms with Crippen molar-refractivity contribution in [2.24, 2.45) is 0 Å². The Morgan fingerprint density at radius 2 is 1.10 bits per heavy atom. The summed E-state index contributed by atoms with van der Waals surface area (Å²) < 4.78 is 11.3. The van der Waals surface area contributed by atoms with E-state index in [1.165, 1.54) is 0 Å². The van der Waals surface area contributed by atoms with E-state index in [9.17, 15) is 0 Å². The first-order chi connectivity index (χ1) is 9.35. The van der Waals surface area contributed by atoms with Gasteiger partial charge < -0.3 is 11.0 Å². The molecule has 0 aliphatic rings. The molecule has 2 aromatic rings. The monoisotopic (exact) mass is 373 g/mol. The number of hydrogen-bond acceptors (Lipinski definition) is 4. The van der Waals surface area contributed by atoms with E-state index in [0.29, 0.717) is 15.3 Å². The molecule has 21 heavy (non-hydrogen) atoms. The zero-order chi connectivity index (χ0) is 13.5. The van der Waals surface area contributed by atoms with Crippen molar-refractivity contribution in [3.05, 3.63) is 48.5 Å². The van der Waals surface area contributed by atoms with Crippen LogP contribution in [0.1, 0.15) is 0 Å². The minimum absolute atomic E-state index is 0. The van der Waals surface area contributed by atoms with Crippen molar-refractivity contribution in [3.8, 4) is 11.5 Å². The molecule has 0 bridgehead atoms. The molecule has 0 unspecified atom stereocenters. The van der Waals surface area contributed by atoms with Crippen LogP contribution in [0, 0.1) is 0 Å². The van der Waals surface area contributed by atoms with Gasteiger partial charge in [0.2, 0.25) is 0 Å². The van der Waals surface area contributed by atoms with Gasteiger partial charge in [0.25, 0.3) is 0 Å². The van der Waals surface area contributed by atoms with E-state index in [1.807, 2.05) is 61.0 Å². The summed E-state index contributed by atoms with van der Waals surface area (Å²) in [5.74, 6) is 1.69. The van der Waals surface area contributed by atoms with E-state index in [2.05, 4.69) is 0 Å². The van der Waals surface area contributed by atoms with Gasteiger partial charge in [-0.3, -0.25) is 0 Å². The number of para-hydroxylation sites is 2. The van der Waals surface area contributed by atoms with Gasteiger partial charge in [0.05, 0.1) is 0 Å². The van der Waals surface area contributed by atoms with Gasteiger partial charge in [-0.05, 0) is 0 Å². The van der Waals surface area contributed by atoms with E-state index in [4.69, 9.17) is 7.70 Å². The zero-order valence-electron chi connectivity index (χ0n) is 11.6. The van der Waals surface area contributed by atoms with Crippen molar-refractivity contribution < 1.29 is 34.0 Å². The summed E-state index contributed by atoms with van der Waals surface area (Å²) in [6, 6.07) is 15.9. The first-order valence-electron chi connectivity index (χ1n) is 5.56. The van der Waals surface area contributed by atoms with Gasteiger partial charge in [0.15, 0.2) is 0 Å². The summed E-state index contributed by atoms with van der Waals surface area (Å²) in [6.45, 7) is 0. The third-order valence-corrected chi connectivity index (χ3v) is 4.53. The predicted octanol–water partition coefficient (Wildman–Crippen LogP) is 2.85. The standard InChI is InChI=1S/2C7H8OS.Co.2H2O/c2*1-9-7-5-3-2-4-6(7)8;;;/h2*2-5,8H,1H3;;2*1H2/q;;+2;;/p-2. The maximum atomic E-state index is 5.65. The van der Waals surface area contributed by atoms with Crippen LogP contribution in [-0.4, -0.2) is 23.5 Å². The minimum atomic E-state index is 0. The van der Waals surface area contributed by atoms with Crippen LogP contribution >= 0.6 is 23.5 Å². The van der Waals surface area contributed by atoms with Gasteiger partial charge in [-0.2, -0.15) is 0 Å². The fourth-order valence-electron chi connectivity index (χ4n) is 1.42. The van der Waals surface area contributed by atoms with Crippen molar-refractivity contribution in [3.63, 3.8) is 0 Å². The van der Waals surface area contributed by atoms with Crippen LogP contribution in [0.15, 0.2) is 58.3 Å². The summed E-state index contributed by atoms with van der Waals surface area (Å²) in [5.41, 5.74) is 0. The van der Waals surface area contributed by atoms with E-state index in [-0.39, 0.29) is 11.0 Å². The molecule has 2 aromatic carbocycles. The van der Waals surface area contributed by atoms with Crippen LogP contribution < -0.4 is 7.70 Å². The Labute approximate surface area is 139 Å². The smallest absolute Gasteiger partial charge is 0.412 e. The maximum Gasteiger partial charge on any atom is -0.412 e. The summed E-state index contributed by atoms with van der Waals surface area (Å²) in [4.78, 5) is 2.21. The summed E-state index contributed by atoms with van der Waals surface area (Å²) in [5, 5.41) is 0. The molecule has 0 radical (unpaired) electrons. The van der Waals surface area contributed by atoms with Gasteiger partial charge in [-0.15, -0.1) is 0 Å². The van der Waals surface area contributed by atoms with Gasteiger partial charge >= 0.3 is 129 Å². The van der Waals surface area contributed by atoms with Crippen molar-refractivity contribution in [2.45, 2.75) is 9.79 Å². The van der Waals surface area contributed by atoms with E-state index < -0.39 is 0 Å². The molecule has 0 atom stereocenters. The average Bonchev–Trinajstić information content (AvgIpc) is 2.48. The van der Waals surface area contributed by atoms with Crippen LogP contribution in [0.2, 0.25) is 0 Å². The largest absolute Gasteiger partial charge is 0.412 e. The SMILES string of the molecule is CSc1ccccc1[O][Co][O]c1ccccc1SC.O.O. The fourth-order valence-corrected chi connectivity index (χ4v) is 3.20. The number of thioether (sulfide) groups is 2. The Hall–Kier alpha value is -0.834. The molecule has 0 aliphatic carbocycles. The van der Waals surface area contributed by atoms with Crippen LogP contribution in [0.5, 0.6) is 11.5 Å². The summed E-state index contributed by atoms with van der Waals surface area (Å²) >= 11 is 3.83. The van der Waals surface area contributed by atoms with Crippen molar-refractivity contribution in [1.82, 2.24) is 0 Å². The second-order valence-electron chi connectivity index (χ2n) is 3.49. The first kappa shape index (κ1) is 20.2. The molecule has 0 saturated carbocycles. The molecule has 0 saturated heterocycles. The Kier molecular flexibility index (Phi) is 10.4. The minimum Gasteiger partial charge on any atom is -0.412 e. The predicted molar refractivity (Wildman–Crippen MR) is 84.9 cm³/mol. The number of rotatable bonds is 6. The molecule has 0 fully saturated rings. The fraction of sp³-hybridized carbons (Fsp3) is 0.143. The Bertz CT molecular complexity index is 492. The average molecular weight is 373 g/mol. The van der Waals surface area contributed by atoms with E-state index >= 15 is 0 Å². The van der Waals surface area contributed by atoms with Gasteiger partial charge in [-0.25, -0.2) is 0 Å². The van der Waals surface area contributed by atoms with Crippen LogP contribution in [0.3, 0.4) is 0 Å². The van der Waals surface area contributed by atoms with Gasteiger partial charge in [0.1, 0.15) is 0 Å². The molecule has 0 heterocycles. The van der Waals surface area contributed by atoms with Crippen LogP contribution in [-0.2, 0) is 15.3 Å². The molecule has 0 spiro atoms. The van der Waals surface area contributed by atoms with Crippen molar-refractivity contribution >= 4 is 23.5 Å². The van der Waals surface area contributed by atoms with E-state index in [0.717, 1.165) is 21.3 Å². The molecule has 0 aliphatic heterocycles. The van der Waals surface area contributed by atoms with Gasteiger partial charge in [-0.1, -0.05) is 0 Å². The second kappa shape index (κ2) is 10.8.